The molecule has 4 aromatic rings. The summed E-state index contributed by atoms with van der Waals surface area (Å²) in [6, 6.07) is 24.1. The zero-order valence-corrected chi connectivity index (χ0v) is 24.2. The lowest BCUT2D eigenvalue weighted by Crippen LogP contribution is -2.50. The Kier molecular flexibility index (Phi) is 8.02. The van der Waals surface area contributed by atoms with Gasteiger partial charge in [0.2, 0.25) is 0 Å². The summed E-state index contributed by atoms with van der Waals surface area (Å²) < 4.78 is 13.5. The lowest BCUT2D eigenvalue weighted by atomic mass is 9.95. The van der Waals surface area contributed by atoms with Crippen molar-refractivity contribution < 1.29 is 14.6 Å². The molecule has 0 saturated carbocycles. The Morgan fingerprint density at radius 2 is 1.77 bits per heavy atom. The van der Waals surface area contributed by atoms with Gasteiger partial charge in [-0.1, -0.05) is 67.7 Å². The highest BCUT2D eigenvalue weighted by Crippen LogP contribution is 2.46. The number of hydrogen-bond donors (Lipinski definition) is 1. The average molecular weight is 543 g/mol. The first-order valence-electron chi connectivity index (χ1n) is 13.8. The third-order valence-corrected chi connectivity index (χ3v) is 12.9. The van der Waals surface area contributed by atoms with Gasteiger partial charge in [-0.2, -0.15) is 9.78 Å². The van der Waals surface area contributed by atoms with E-state index in [0.29, 0.717) is 23.3 Å². The molecule has 2 heterocycles. The number of methoxy groups -OCH3 is 1. The van der Waals surface area contributed by atoms with E-state index in [4.69, 9.17) is 9.47 Å². The van der Waals surface area contributed by atoms with Crippen LogP contribution in [0.15, 0.2) is 83.8 Å². The van der Waals surface area contributed by atoms with Gasteiger partial charge < -0.3 is 14.6 Å². The van der Waals surface area contributed by atoms with Crippen LogP contribution in [0.5, 0.6) is 5.75 Å². The van der Waals surface area contributed by atoms with Crippen molar-refractivity contribution >= 4 is 24.0 Å². The topological polar surface area (TPSA) is 73.6 Å². The number of nitrogens with zero attached hydrogens (tertiary/aromatic N) is 2. The van der Waals surface area contributed by atoms with Gasteiger partial charge in [0.25, 0.3) is 5.56 Å². The summed E-state index contributed by atoms with van der Waals surface area (Å²) in [7, 11) is -0.222. The van der Waals surface area contributed by atoms with Crippen molar-refractivity contribution in [2.75, 3.05) is 13.7 Å². The van der Waals surface area contributed by atoms with Crippen LogP contribution in [0.1, 0.15) is 25.3 Å². The number of rotatable bonds is 9. The Labute approximate surface area is 231 Å². The van der Waals surface area contributed by atoms with Gasteiger partial charge in [-0.25, -0.2) is 0 Å². The molecule has 0 unspecified atom stereocenters. The molecule has 1 aliphatic heterocycles. The smallest absolute Gasteiger partial charge is 0.279 e. The van der Waals surface area contributed by atoms with Crippen LogP contribution in [0.25, 0.3) is 16.5 Å². The van der Waals surface area contributed by atoms with Gasteiger partial charge in [-0.15, -0.1) is 0 Å². The summed E-state index contributed by atoms with van der Waals surface area (Å²) in [5.41, 5.74) is 2.21. The van der Waals surface area contributed by atoms with Crippen LogP contribution in [0.2, 0.25) is 18.6 Å². The molecule has 0 bridgehead atoms. The van der Waals surface area contributed by atoms with Crippen molar-refractivity contribution in [3.8, 4) is 11.4 Å². The standard InChI is InChI=1S/C32H38N2O4Si/c1-22-29(38-30(18-19-35)31(22)39(3,4)27-15-13-26(37-2)14-16-27)17-12-23-8-7-10-25(20-23)34-32(36)28-11-6-5-9-24(28)21-33-34/h5-11,13-16,20-22,29-31,35H,12,17-19H2,1-4H3/t22-,29+,30-,31+/m1/s1. The summed E-state index contributed by atoms with van der Waals surface area (Å²) in [5, 5.41) is 17.2. The molecule has 0 aliphatic carbocycles. The highest BCUT2D eigenvalue weighted by molar-refractivity contribution is 6.91. The third-order valence-electron chi connectivity index (χ3n) is 8.55. The summed E-state index contributed by atoms with van der Waals surface area (Å²) in [5.74, 6) is 1.24. The van der Waals surface area contributed by atoms with Gasteiger partial charge in [-0.3, -0.25) is 4.79 Å². The molecule has 39 heavy (non-hydrogen) atoms. The molecule has 0 amide bonds. The number of fused-ring (bicyclic) bond motifs is 1. The van der Waals surface area contributed by atoms with Gasteiger partial charge in [0.05, 0.1) is 44.7 Å². The van der Waals surface area contributed by atoms with E-state index in [1.807, 2.05) is 48.5 Å². The minimum atomic E-state index is -1.92. The maximum Gasteiger partial charge on any atom is 0.279 e. The van der Waals surface area contributed by atoms with Crippen molar-refractivity contribution in [3.05, 3.63) is 94.9 Å². The lowest BCUT2D eigenvalue weighted by Gasteiger charge is -2.36. The number of benzene rings is 3. The minimum Gasteiger partial charge on any atom is -0.497 e. The van der Waals surface area contributed by atoms with Crippen LogP contribution in [0.3, 0.4) is 0 Å². The monoisotopic (exact) mass is 542 g/mol. The van der Waals surface area contributed by atoms with Crippen LogP contribution in [-0.4, -0.2) is 48.9 Å². The maximum absolute atomic E-state index is 13.1. The Morgan fingerprint density at radius 3 is 2.51 bits per heavy atom. The van der Waals surface area contributed by atoms with E-state index in [1.54, 1.807) is 13.3 Å². The fourth-order valence-electron chi connectivity index (χ4n) is 6.47. The van der Waals surface area contributed by atoms with Crippen LogP contribution >= 0.6 is 0 Å². The average Bonchev–Trinajstić information content (AvgIpc) is 3.27. The number of aliphatic hydroxyl groups is 1. The summed E-state index contributed by atoms with van der Waals surface area (Å²) in [6.45, 7) is 7.29. The molecule has 1 fully saturated rings. The molecule has 1 aliphatic rings. The largest absolute Gasteiger partial charge is 0.497 e. The zero-order chi connectivity index (χ0) is 27.6. The van der Waals surface area contributed by atoms with Crippen LogP contribution in [0, 0.1) is 5.92 Å². The SMILES string of the molecule is COc1ccc([Si](C)(C)[C@H]2[C@H](C)[C@H](CCc3cccc(-n4ncc5ccccc5c4=O)c3)O[C@@H]2CCO)cc1. The first-order chi connectivity index (χ1) is 18.8. The maximum atomic E-state index is 13.1. The van der Waals surface area contributed by atoms with Crippen LogP contribution < -0.4 is 15.5 Å². The number of aliphatic hydroxyl groups excluding tert-OH is 1. The van der Waals surface area contributed by atoms with E-state index >= 15 is 0 Å². The van der Waals surface area contributed by atoms with Crippen molar-refractivity contribution in [3.63, 3.8) is 0 Å². The van der Waals surface area contributed by atoms with Gasteiger partial charge in [0.1, 0.15) is 5.75 Å². The van der Waals surface area contributed by atoms with Crippen LogP contribution in [-0.2, 0) is 11.2 Å². The first kappa shape index (κ1) is 27.3. The highest BCUT2D eigenvalue weighted by atomic mass is 28.3. The number of aryl methyl sites for hydroxylation is 1. The molecule has 6 nitrogen and oxygen atoms in total. The normalized spacial score (nSPS) is 21.4. The van der Waals surface area contributed by atoms with E-state index in [-0.39, 0.29) is 24.4 Å². The Hall–Kier alpha value is -3.26. The zero-order valence-electron chi connectivity index (χ0n) is 23.2. The molecule has 1 aromatic heterocycles. The van der Waals surface area contributed by atoms with E-state index in [0.717, 1.165) is 35.2 Å². The second-order valence-corrected chi connectivity index (χ2v) is 15.9. The van der Waals surface area contributed by atoms with Gasteiger partial charge >= 0.3 is 0 Å². The molecule has 5 rings (SSSR count). The summed E-state index contributed by atoms with van der Waals surface area (Å²) >= 11 is 0. The Morgan fingerprint density at radius 1 is 1.00 bits per heavy atom. The first-order valence-corrected chi connectivity index (χ1v) is 16.9. The minimum absolute atomic E-state index is 0.0467. The molecule has 204 valence electrons. The van der Waals surface area contributed by atoms with Crippen molar-refractivity contribution in [1.82, 2.24) is 9.78 Å². The second-order valence-electron chi connectivity index (χ2n) is 11.2. The van der Waals surface area contributed by atoms with Gasteiger partial charge in [0, 0.05) is 12.0 Å². The predicted octanol–water partition coefficient (Wildman–Crippen LogP) is 5.10. The molecule has 0 radical (unpaired) electrons. The third kappa shape index (κ3) is 5.44. The fourth-order valence-corrected chi connectivity index (χ4v) is 10.6. The van der Waals surface area contributed by atoms with Crippen molar-refractivity contribution in [1.29, 1.82) is 0 Å². The highest BCUT2D eigenvalue weighted by Gasteiger charge is 2.50. The molecule has 0 spiro atoms. The Balaban J connectivity index is 1.34. The quantitative estimate of drug-likeness (QED) is 0.298. The predicted molar refractivity (Wildman–Crippen MR) is 159 cm³/mol. The number of aromatic nitrogens is 2. The molecule has 1 N–H and O–H groups in total. The molecule has 4 atom stereocenters. The van der Waals surface area contributed by atoms with E-state index in [1.165, 1.54) is 9.87 Å². The molecule has 3 aromatic carbocycles. The van der Waals surface area contributed by atoms with Crippen LogP contribution in [0.4, 0.5) is 0 Å². The molecule has 1 saturated heterocycles. The van der Waals surface area contributed by atoms with Gasteiger partial charge in [0.15, 0.2) is 0 Å². The molecule has 7 heteroatoms. The Bertz CT molecular complexity index is 1480. The lowest BCUT2D eigenvalue weighted by molar-refractivity contribution is 0.0196. The summed E-state index contributed by atoms with van der Waals surface area (Å²) in [4.78, 5) is 13.1. The fraction of sp³-hybridized carbons (Fsp3) is 0.375. The van der Waals surface area contributed by atoms with E-state index in [9.17, 15) is 9.90 Å². The summed E-state index contributed by atoms with van der Waals surface area (Å²) in [6.07, 6.45) is 4.29. The van der Waals surface area contributed by atoms with E-state index in [2.05, 4.69) is 49.4 Å². The number of ether oxygens (including phenoxy) is 2. The van der Waals surface area contributed by atoms with Gasteiger partial charge in [-0.05, 0) is 66.6 Å². The molecular formula is C32H38N2O4Si. The number of hydrogen-bond acceptors (Lipinski definition) is 5. The van der Waals surface area contributed by atoms with Crippen molar-refractivity contribution in [2.24, 2.45) is 5.92 Å². The second kappa shape index (κ2) is 11.5. The van der Waals surface area contributed by atoms with Crippen molar-refractivity contribution in [2.45, 2.75) is 57.0 Å². The molecular weight excluding hydrogens is 504 g/mol. The van der Waals surface area contributed by atoms with E-state index < -0.39 is 8.07 Å².